The first-order chi connectivity index (χ1) is 8.99. The van der Waals surface area contributed by atoms with Crippen molar-refractivity contribution in [1.29, 1.82) is 0 Å². The molecule has 19 heavy (non-hydrogen) atoms. The molecule has 8 heteroatoms. The molecule has 1 fully saturated rings. The van der Waals surface area contributed by atoms with Crippen LogP contribution in [0.4, 0.5) is 0 Å². The van der Waals surface area contributed by atoms with E-state index in [0.29, 0.717) is 31.7 Å². The highest BCUT2D eigenvalue weighted by atomic mass is 32.2. The minimum atomic E-state index is -3.55. The van der Waals surface area contributed by atoms with Gasteiger partial charge in [0.2, 0.25) is 10.0 Å². The first-order valence-corrected chi connectivity index (χ1v) is 7.74. The highest BCUT2D eigenvalue weighted by Gasteiger charge is 2.22. The minimum absolute atomic E-state index is 0.0889. The maximum absolute atomic E-state index is 12.1. The van der Waals surface area contributed by atoms with Crippen LogP contribution < -0.4 is 10.5 Å². The fourth-order valence-corrected chi connectivity index (χ4v) is 3.16. The summed E-state index contributed by atoms with van der Waals surface area (Å²) in [5, 5.41) is 0. The second-order valence-electron chi connectivity index (χ2n) is 4.25. The van der Waals surface area contributed by atoms with Crippen molar-refractivity contribution >= 4 is 27.2 Å². The quantitative estimate of drug-likeness (QED) is 0.770. The first-order valence-electron chi connectivity index (χ1n) is 5.85. The van der Waals surface area contributed by atoms with E-state index in [1.165, 1.54) is 18.3 Å². The zero-order chi connectivity index (χ0) is 13.9. The third-order valence-electron chi connectivity index (χ3n) is 2.84. The van der Waals surface area contributed by atoms with Crippen LogP contribution in [0.1, 0.15) is 18.5 Å². The van der Waals surface area contributed by atoms with Gasteiger partial charge in [-0.3, -0.25) is 4.98 Å². The number of thiocarbonyl (C=S) groups is 1. The van der Waals surface area contributed by atoms with E-state index in [4.69, 9.17) is 22.7 Å². The van der Waals surface area contributed by atoms with E-state index in [1.54, 1.807) is 0 Å². The second-order valence-corrected chi connectivity index (χ2v) is 6.41. The fourth-order valence-electron chi connectivity index (χ4n) is 1.79. The van der Waals surface area contributed by atoms with E-state index >= 15 is 0 Å². The van der Waals surface area contributed by atoms with E-state index in [9.17, 15) is 8.42 Å². The van der Waals surface area contributed by atoms with Gasteiger partial charge >= 0.3 is 0 Å². The molecule has 0 saturated carbocycles. The summed E-state index contributed by atoms with van der Waals surface area (Å²) in [6.45, 7) is 1.15. The second kappa shape index (κ2) is 5.91. The lowest BCUT2D eigenvalue weighted by molar-refractivity contribution is 0.0832. The summed E-state index contributed by atoms with van der Waals surface area (Å²) in [5.41, 5.74) is 5.82. The third kappa shape index (κ3) is 3.69. The number of ether oxygens (including phenoxy) is 1. The summed E-state index contributed by atoms with van der Waals surface area (Å²) in [5.74, 6) is 0. The molecule has 1 aromatic heterocycles. The molecule has 104 valence electrons. The summed E-state index contributed by atoms with van der Waals surface area (Å²) < 4.78 is 32.1. The molecule has 0 aromatic carbocycles. The number of nitrogens with one attached hydrogen (secondary N) is 1. The van der Waals surface area contributed by atoms with Crippen molar-refractivity contribution in [3.63, 3.8) is 0 Å². The average Bonchev–Trinajstić information content (AvgIpc) is 2.39. The number of rotatable bonds is 4. The van der Waals surface area contributed by atoms with Crippen molar-refractivity contribution in [2.45, 2.75) is 23.8 Å². The molecule has 1 saturated heterocycles. The van der Waals surface area contributed by atoms with Crippen LogP contribution in [0.25, 0.3) is 0 Å². The van der Waals surface area contributed by atoms with Crippen LogP contribution in [0.15, 0.2) is 23.2 Å². The van der Waals surface area contributed by atoms with E-state index in [1.807, 2.05) is 0 Å². The predicted octanol–water partition coefficient (Wildman–Crippen LogP) is 0.173. The zero-order valence-electron chi connectivity index (χ0n) is 10.2. The Labute approximate surface area is 117 Å². The normalized spacial score (nSPS) is 17.3. The van der Waals surface area contributed by atoms with Gasteiger partial charge in [-0.25, -0.2) is 13.1 Å². The monoisotopic (exact) mass is 301 g/mol. The van der Waals surface area contributed by atoms with Crippen LogP contribution in [0.2, 0.25) is 0 Å². The van der Waals surface area contributed by atoms with Gasteiger partial charge in [0.25, 0.3) is 0 Å². The highest BCUT2D eigenvalue weighted by Crippen LogP contribution is 2.13. The lowest BCUT2D eigenvalue weighted by Gasteiger charge is -2.22. The summed E-state index contributed by atoms with van der Waals surface area (Å²) in [6.07, 6.45) is 2.62. The number of hydrogen-bond acceptors (Lipinski definition) is 5. The predicted molar refractivity (Wildman–Crippen MR) is 74.3 cm³/mol. The number of sulfonamides is 1. The van der Waals surface area contributed by atoms with E-state index in [2.05, 4.69) is 9.71 Å². The Morgan fingerprint density at radius 3 is 2.63 bits per heavy atom. The van der Waals surface area contributed by atoms with Crippen LogP contribution in [-0.4, -0.2) is 37.6 Å². The number of nitrogens with zero attached hydrogens (tertiary/aromatic N) is 1. The van der Waals surface area contributed by atoms with Gasteiger partial charge in [0, 0.05) is 25.5 Å². The molecule has 1 aliphatic heterocycles. The van der Waals surface area contributed by atoms with Crippen LogP contribution >= 0.6 is 12.2 Å². The molecule has 2 heterocycles. The van der Waals surface area contributed by atoms with E-state index in [0.717, 1.165) is 0 Å². The molecule has 1 aliphatic rings. The third-order valence-corrected chi connectivity index (χ3v) is 4.56. The summed E-state index contributed by atoms with van der Waals surface area (Å²) in [6, 6.07) is 2.86. The van der Waals surface area contributed by atoms with Crippen molar-refractivity contribution in [3.8, 4) is 0 Å². The van der Waals surface area contributed by atoms with Gasteiger partial charge < -0.3 is 10.5 Å². The van der Waals surface area contributed by atoms with Gasteiger partial charge in [0.15, 0.2) is 0 Å². The molecule has 3 N–H and O–H groups in total. The smallest absolute Gasteiger partial charge is 0.242 e. The first kappa shape index (κ1) is 14.3. The highest BCUT2D eigenvalue weighted by molar-refractivity contribution is 7.89. The molecule has 1 aromatic rings. The lowest BCUT2D eigenvalue weighted by atomic mass is 10.1. The maximum Gasteiger partial charge on any atom is 0.242 e. The largest absolute Gasteiger partial charge is 0.388 e. The molecule has 6 nitrogen and oxygen atoms in total. The minimum Gasteiger partial charge on any atom is -0.388 e. The molecule has 0 spiro atoms. The standard InChI is InChI=1S/C11H15N3O3S2/c12-11(18)10-2-1-9(7-13-10)19(15,16)14-8-3-5-17-6-4-8/h1-2,7-8,14H,3-6H2,(H2,12,18). The van der Waals surface area contributed by atoms with Crippen LogP contribution in [-0.2, 0) is 14.8 Å². The van der Waals surface area contributed by atoms with Crippen LogP contribution in [0.3, 0.4) is 0 Å². The molecule has 0 aliphatic carbocycles. The van der Waals surface area contributed by atoms with Crippen molar-refractivity contribution < 1.29 is 13.2 Å². The Balaban J connectivity index is 2.12. The van der Waals surface area contributed by atoms with E-state index in [-0.39, 0.29) is 15.9 Å². The van der Waals surface area contributed by atoms with Gasteiger partial charge in [-0.1, -0.05) is 12.2 Å². The Morgan fingerprint density at radius 2 is 2.11 bits per heavy atom. The van der Waals surface area contributed by atoms with Crippen molar-refractivity contribution in [2.75, 3.05) is 13.2 Å². The van der Waals surface area contributed by atoms with Crippen LogP contribution in [0, 0.1) is 0 Å². The Morgan fingerprint density at radius 1 is 1.42 bits per heavy atom. The Hall–Kier alpha value is -1.09. The molecule has 0 atom stereocenters. The summed E-state index contributed by atoms with van der Waals surface area (Å²) in [7, 11) is -3.55. The van der Waals surface area contributed by atoms with E-state index < -0.39 is 10.0 Å². The number of hydrogen-bond donors (Lipinski definition) is 2. The Kier molecular flexibility index (Phi) is 4.46. The number of pyridine rings is 1. The summed E-state index contributed by atoms with van der Waals surface area (Å²) in [4.78, 5) is 4.18. The molecule has 0 bridgehead atoms. The van der Waals surface area contributed by atoms with Crippen molar-refractivity contribution in [1.82, 2.24) is 9.71 Å². The molecule has 0 amide bonds. The zero-order valence-corrected chi connectivity index (χ0v) is 11.8. The molecule has 0 radical (unpaired) electrons. The van der Waals surface area contributed by atoms with Crippen molar-refractivity contribution in [2.24, 2.45) is 5.73 Å². The molecular weight excluding hydrogens is 286 g/mol. The van der Waals surface area contributed by atoms with Crippen molar-refractivity contribution in [3.05, 3.63) is 24.0 Å². The lowest BCUT2D eigenvalue weighted by Crippen LogP contribution is -2.38. The van der Waals surface area contributed by atoms with Gasteiger partial charge in [-0.05, 0) is 25.0 Å². The molecule has 2 rings (SSSR count). The number of nitrogens with two attached hydrogens (primary N) is 1. The Bertz CT molecular complexity index is 551. The molecular formula is C11H15N3O3S2. The van der Waals surface area contributed by atoms with Gasteiger partial charge in [0.05, 0.1) is 5.69 Å². The maximum atomic E-state index is 12.1. The molecule has 0 unspecified atom stereocenters. The topological polar surface area (TPSA) is 94.3 Å². The van der Waals surface area contributed by atoms with Gasteiger partial charge in [-0.2, -0.15) is 0 Å². The van der Waals surface area contributed by atoms with Crippen LogP contribution in [0.5, 0.6) is 0 Å². The summed E-state index contributed by atoms with van der Waals surface area (Å²) >= 11 is 4.77. The number of aromatic nitrogens is 1. The average molecular weight is 301 g/mol. The van der Waals surface area contributed by atoms with Gasteiger partial charge in [-0.15, -0.1) is 0 Å². The van der Waals surface area contributed by atoms with Gasteiger partial charge in [0.1, 0.15) is 9.88 Å². The fraction of sp³-hybridized carbons (Fsp3) is 0.455. The SMILES string of the molecule is NC(=S)c1ccc(S(=O)(=O)NC2CCOCC2)cn1.